The molecule has 0 aliphatic rings. The molecule has 0 amide bonds. The summed E-state index contributed by atoms with van der Waals surface area (Å²) in [5.41, 5.74) is 0. The molecular weight excluding hydrogens is 154 g/mol. The van der Waals surface area contributed by atoms with Crippen molar-refractivity contribution in [3.05, 3.63) is 0 Å². The van der Waals surface area contributed by atoms with Crippen LogP contribution in [-0.2, 0) is 4.74 Å². The third kappa shape index (κ3) is 6.58. The summed E-state index contributed by atoms with van der Waals surface area (Å²) in [6, 6.07) is 0.315. The van der Waals surface area contributed by atoms with Gasteiger partial charge in [0.15, 0.2) is 0 Å². The largest absolute Gasteiger partial charge is 0.396 e. The van der Waals surface area contributed by atoms with E-state index >= 15 is 0 Å². The van der Waals surface area contributed by atoms with Gasteiger partial charge in [-0.2, -0.15) is 0 Å². The Labute approximate surface area is 75.1 Å². The van der Waals surface area contributed by atoms with Gasteiger partial charge in [-0.05, 0) is 26.3 Å². The van der Waals surface area contributed by atoms with Crippen LogP contribution in [0.3, 0.4) is 0 Å². The summed E-state index contributed by atoms with van der Waals surface area (Å²) in [7, 11) is 0. The smallest absolute Gasteiger partial charge is 0.0620 e. The van der Waals surface area contributed by atoms with Crippen LogP contribution in [0.4, 0.5) is 0 Å². The Morgan fingerprint density at radius 3 is 2.67 bits per heavy atom. The fraction of sp³-hybridized carbons (Fsp3) is 1.00. The highest BCUT2D eigenvalue weighted by Gasteiger charge is 2.05. The van der Waals surface area contributed by atoms with Gasteiger partial charge in [0.1, 0.15) is 0 Å². The second-order valence-corrected chi connectivity index (χ2v) is 2.82. The van der Waals surface area contributed by atoms with Gasteiger partial charge in [-0.25, -0.2) is 0 Å². The van der Waals surface area contributed by atoms with Crippen LogP contribution >= 0.6 is 0 Å². The third-order valence-corrected chi connectivity index (χ3v) is 1.68. The Bertz CT molecular complexity index is 80.6. The number of aliphatic hydroxyl groups excluding tert-OH is 1. The van der Waals surface area contributed by atoms with E-state index in [2.05, 4.69) is 12.2 Å². The molecule has 0 aromatic rings. The Morgan fingerprint density at radius 1 is 1.42 bits per heavy atom. The predicted molar refractivity (Wildman–Crippen MR) is 50.3 cm³/mol. The van der Waals surface area contributed by atoms with E-state index in [1.54, 1.807) is 0 Å². The van der Waals surface area contributed by atoms with Gasteiger partial charge in [-0.15, -0.1) is 0 Å². The van der Waals surface area contributed by atoms with Crippen LogP contribution in [0.5, 0.6) is 0 Å². The normalized spacial score (nSPS) is 13.2. The zero-order valence-corrected chi connectivity index (χ0v) is 8.18. The lowest BCUT2D eigenvalue weighted by molar-refractivity contribution is 0.112. The highest BCUT2D eigenvalue weighted by atomic mass is 16.5. The minimum absolute atomic E-state index is 0.231. The molecule has 0 spiro atoms. The lowest BCUT2D eigenvalue weighted by Gasteiger charge is -2.16. The summed E-state index contributed by atoms with van der Waals surface area (Å²) >= 11 is 0. The van der Waals surface area contributed by atoms with Crippen LogP contribution in [0.2, 0.25) is 0 Å². The molecule has 3 nitrogen and oxygen atoms in total. The zero-order valence-electron chi connectivity index (χ0n) is 8.18. The maximum absolute atomic E-state index is 8.74. The molecule has 1 atom stereocenters. The molecule has 74 valence electrons. The predicted octanol–water partition coefficient (Wildman–Crippen LogP) is 0.773. The van der Waals surface area contributed by atoms with Crippen LogP contribution in [0, 0.1) is 0 Å². The zero-order chi connectivity index (χ0) is 9.23. The van der Waals surface area contributed by atoms with Crippen molar-refractivity contribution in [3.8, 4) is 0 Å². The molecule has 0 saturated carbocycles. The summed E-state index contributed by atoms with van der Waals surface area (Å²) < 4.78 is 5.27. The van der Waals surface area contributed by atoms with Crippen molar-refractivity contribution in [2.75, 3.05) is 26.4 Å². The Hall–Kier alpha value is -0.120. The van der Waals surface area contributed by atoms with Crippen molar-refractivity contribution in [1.29, 1.82) is 0 Å². The van der Waals surface area contributed by atoms with Gasteiger partial charge < -0.3 is 15.2 Å². The standard InChI is InChI=1S/C9H21NO2/c1-3-6-10-9(5-7-11)8-12-4-2/h9-11H,3-8H2,1-2H3. The van der Waals surface area contributed by atoms with Gasteiger partial charge in [0, 0.05) is 19.3 Å². The minimum Gasteiger partial charge on any atom is -0.396 e. The molecule has 2 N–H and O–H groups in total. The van der Waals surface area contributed by atoms with Gasteiger partial charge >= 0.3 is 0 Å². The number of rotatable bonds is 8. The molecule has 12 heavy (non-hydrogen) atoms. The molecule has 0 heterocycles. The summed E-state index contributed by atoms with van der Waals surface area (Å²) in [5, 5.41) is 12.1. The summed E-state index contributed by atoms with van der Waals surface area (Å²) in [6.45, 7) is 6.79. The van der Waals surface area contributed by atoms with Crippen molar-refractivity contribution >= 4 is 0 Å². The van der Waals surface area contributed by atoms with Gasteiger partial charge in [0.05, 0.1) is 6.61 Å². The van der Waals surface area contributed by atoms with E-state index in [1.807, 2.05) is 6.92 Å². The van der Waals surface area contributed by atoms with Gasteiger partial charge in [-0.3, -0.25) is 0 Å². The van der Waals surface area contributed by atoms with Crippen molar-refractivity contribution in [1.82, 2.24) is 5.32 Å². The first-order chi connectivity index (χ1) is 5.85. The lowest BCUT2D eigenvalue weighted by Crippen LogP contribution is -2.34. The summed E-state index contributed by atoms with van der Waals surface area (Å²) in [6.07, 6.45) is 1.90. The molecular formula is C9H21NO2. The van der Waals surface area contributed by atoms with Gasteiger partial charge in [-0.1, -0.05) is 6.92 Å². The maximum atomic E-state index is 8.74. The Balaban J connectivity index is 3.40. The van der Waals surface area contributed by atoms with Crippen LogP contribution in [-0.4, -0.2) is 37.5 Å². The van der Waals surface area contributed by atoms with Crippen LogP contribution < -0.4 is 5.32 Å². The number of nitrogens with one attached hydrogen (secondary N) is 1. The third-order valence-electron chi connectivity index (χ3n) is 1.68. The van der Waals surface area contributed by atoms with Crippen molar-refractivity contribution < 1.29 is 9.84 Å². The van der Waals surface area contributed by atoms with Crippen LogP contribution in [0.15, 0.2) is 0 Å². The van der Waals surface area contributed by atoms with E-state index in [0.29, 0.717) is 12.6 Å². The SMILES string of the molecule is CCCNC(CCO)COCC. The van der Waals surface area contributed by atoms with Crippen molar-refractivity contribution in [3.63, 3.8) is 0 Å². The Kier molecular flexibility index (Phi) is 8.88. The first-order valence-electron chi connectivity index (χ1n) is 4.77. The first kappa shape index (κ1) is 11.9. The second kappa shape index (κ2) is 8.97. The van der Waals surface area contributed by atoms with E-state index in [-0.39, 0.29) is 6.61 Å². The van der Waals surface area contributed by atoms with E-state index in [1.165, 1.54) is 0 Å². The van der Waals surface area contributed by atoms with E-state index in [0.717, 1.165) is 26.0 Å². The highest BCUT2D eigenvalue weighted by molar-refractivity contribution is 4.64. The fourth-order valence-electron chi connectivity index (χ4n) is 1.01. The molecule has 0 rings (SSSR count). The second-order valence-electron chi connectivity index (χ2n) is 2.82. The first-order valence-corrected chi connectivity index (χ1v) is 4.77. The van der Waals surface area contributed by atoms with Gasteiger partial charge in [0.25, 0.3) is 0 Å². The molecule has 0 aliphatic heterocycles. The monoisotopic (exact) mass is 175 g/mol. The van der Waals surface area contributed by atoms with Crippen LogP contribution in [0.25, 0.3) is 0 Å². The lowest BCUT2D eigenvalue weighted by atomic mass is 10.2. The minimum atomic E-state index is 0.231. The molecule has 0 bridgehead atoms. The summed E-state index contributed by atoms with van der Waals surface area (Å²) in [5.74, 6) is 0. The maximum Gasteiger partial charge on any atom is 0.0620 e. The summed E-state index contributed by atoms with van der Waals surface area (Å²) in [4.78, 5) is 0. The van der Waals surface area contributed by atoms with Crippen molar-refractivity contribution in [2.24, 2.45) is 0 Å². The molecule has 1 unspecified atom stereocenters. The molecule has 0 radical (unpaired) electrons. The molecule has 0 aliphatic carbocycles. The van der Waals surface area contributed by atoms with E-state index in [4.69, 9.17) is 9.84 Å². The number of aliphatic hydroxyl groups is 1. The molecule has 0 saturated heterocycles. The number of hydrogen-bond acceptors (Lipinski definition) is 3. The van der Waals surface area contributed by atoms with Crippen LogP contribution in [0.1, 0.15) is 26.7 Å². The quantitative estimate of drug-likeness (QED) is 0.572. The van der Waals surface area contributed by atoms with E-state index < -0.39 is 0 Å². The topological polar surface area (TPSA) is 41.5 Å². The average molecular weight is 175 g/mol. The molecule has 0 aromatic carbocycles. The van der Waals surface area contributed by atoms with Crippen molar-refractivity contribution in [2.45, 2.75) is 32.7 Å². The fourth-order valence-corrected chi connectivity index (χ4v) is 1.01. The molecule has 3 heteroatoms. The van der Waals surface area contributed by atoms with Gasteiger partial charge in [0.2, 0.25) is 0 Å². The number of hydrogen-bond donors (Lipinski definition) is 2. The number of ether oxygens (including phenoxy) is 1. The average Bonchev–Trinajstić information content (AvgIpc) is 2.10. The molecule has 0 aromatic heterocycles. The highest BCUT2D eigenvalue weighted by Crippen LogP contribution is 1.92. The molecule has 0 fully saturated rings. The Morgan fingerprint density at radius 2 is 2.17 bits per heavy atom. The van der Waals surface area contributed by atoms with E-state index in [9.17, 15) is 0 Å².